The summed E-state index contributed by atoms with van der Waals surface area (Å²) in [4.78, 5) is 2.55. The molecular formula is C15H22Br2N2O. The van der Waals surface area contributed by atoms with E-state index >= 15 is 0 Å². The number of hydrogen-bond acceptors (Lipinski definition) is 3. The van der Waals surface area contributed by atoms with Crippen LogP contribution < -0.4 is 5.32 Å². The molecular weight excluding hydrogens is 384 g/mol. The number of benzene rings is 1. The standard InChI is InChI=1S/C15H22Br2N2O/c1-2-5-19-6-3-12(4-7-19)18-10-11-8-13(16)15(20)14(17)9-11/h8-9,12,18,20H,2-7,10H2,1H3. The number of likely N-dealkylation sites (tertiary alicyclic amines) is 1. The van der Waals surface area contributed by atoms with Crippen molar-refractivity contribution < 1.29 is 5.11 Å². The van der Waals surface area contributed by atoms with Crippen LogP contribution in [0.3, 0.4) is 0 Å². The Bertz CT molecular complexity index is 422. The molecule has 3 nitrogen and oxygen atoms in total. The van der Waals surface area contributed by atoms with Crippen molar-refractivity contribution in [2.24, 2.45) is 0 Å². The van der Waals surface area contributed by atoms with E-state index in [0.29, 0.717) is 6.04 Å². The van der Waals surface area contributed by atoms with Crippen molar-refractivity contribution in [2.45, 2.75) is 38.8 Å². The van der Waals surface area contributed by atoms with Crippen molar-refractivity contribution in [1.82, 2.24) is 10.2 Å². The minimum atomic E-state index is 0.265. The average Bonchev–Trinajstić information content (AvgIpc) is 2.44. The maximum atomic E-state index is 9.71. The summed E-state index contributed by atoms with van der Waals surface area (Å²) in [5, 5.41) is 13.3. The van der Waals surface area contributed by atoms with Crippen LogP contribution in [0.5, 0.6) is 5.75 Å². The fourth-order valence-corrected chi connectivity index (χ4v) is 3.94. The van der Waals surface area contributed by atoms with Gasteiger partial charge in [-0.25, -0.2) is 0 Å². The zero-order chi connectivity index (χ0) is 14.5. The predicted octanol–water partition coefficient (Wildman–Crippen LogP) is 3.88. The maximum Gasteiger partial charge on any atom is 0.143 e. The van der Waals surface area contributed by atoms with Gasteiger partial charge in [0.25, 0.3) is 0 Å². The highest BCUT2D eigenvalue weighted by atomic mass is 79.9. The van der Waals surface area contributed by atoms with E-state index in [9.17, 15) is 5.11 Å². The van der Waals surface area contributed by atoms with Crippen LogP contribution in [0.15, 0.2) is 21.1 Å². The Balaban J connectivity index is 1.82. The Morgan fingerprint density at radius 3 is 2.40 bits per heavy atom. The summed E-state index contributed by atoms with van der Waals surface area (Å²) in [5.41, 5.74) is 1.18. The molecule has 112 valence electrons. The Morgan fingerprint density at radius 2 is 1.85 bits per heavy atom. The second kappa shape index (κ2) is 7.78. The van der Waals surface area contributed by atoms with Crippen LogP contribution in [0.1, 0.15) is 31.7 Å². The van der Waals surface area contributed by atoms with Crippen molar-refractivity contribution in [1.29, 1.82) is 0 Å². The largest absolute Gasteiger partial charge is 0.506 e. The molecule has 0 bridgehead atoms. The first-order valence-corrected chi connectivity index (χ1v) is 8.81. The molecule has 1 aromatic rings. The number of aromatic hydroxyl groups is 1. The van der Waals surface area contributed by atoms with Gasteiger partial charge in [-0.1, -0.05) is 6.92 Å². The van der Waals surface area contributed by atoms with E-state index in [1.807, 2.05) is 12.1 Å². The maximum absolute atomic E-state index is 9.71. The van der Waals surface area contributed by atoms with Gasteiger partial charge in [0.15, 0.2) is 0 Å². The van der Waals surface area contributed by atoms with Crippen LogP contribution in [-0.4, -0.2) is 35.7 Å². The first-order valence-electron chi connectivity index (χ1n) is 7.22. The quantitative estimate of drug-likeness (QED) is 0.780. The molecule has 0 radical (unpaired) electrons. The summed E-state index contributed by atoms with van der Waals surface area (Å²) < 4.78 is 1.47. The lowest BCUT2D eigenvalue weighted by molar-refractivity contribution is 0.197. The van der Waals surface area contributed by atoms with Crippen LogP contribution >= 0.6 is 31.9 Å². The highest BCUT2D eigenvalue weighted by Gasteiger charge is 2.18. The third-order valence-electron chi connectivity index (χ3n) is 3.80. The highest BCUT2D eigenvalue weighted by molar-refractivity contribution is 9.11. The molecule has 5 heteroatoms. The van der Waals surface area contributed by atoms with Gasteiger partial charge < -0.3 is 15.3 Å². The summed E-state index contributed by atoms with van der Waals surface area (Å²) in [7, 11) is 0. The molecule has 2 N–H and O–H groups in total. The molecule has 0 aromatic heterocycles. The molecule has 20 heavy (non-hydrogen) atoms. The number of hydrogen-bond donors (Lipinski definition) is 2. The Morgan fingerprint density at radius 1 is 1.25 bits per heavy atom. The van der Waals surface area contributed by atoms with Crippen molar-refractivity contribution in [3.8, 4) is 5.75 Å². The second-order valence-electron chi connectivity index (χ2n) is 5.40. The number of phenols is 1. The van der Waals surface area contributed by atoms with Crippen LogP contribution in [0, 0.1) is 0 Å². The van der Waals surface area contributed by atoms with Crippen LogP contribution in [0.2, 0.25) is 0 Å². The van der Waals surface area contributed by atoms with Gasteiger partial charge in [0.05, 0.1) is 8.95 Å². The summed E-state index contributed by atoms with van der Waals surface area (Å²) in [6.07, 6.45) is 3.69. The number of rotatable bonds is 5. The first kappa shape index (κ1) is 16.3. The molecule has 1 aliphatic heterocycles. The van der Waals surface area contributed by atoms with Gasteiger partial charge in [0.1, 0.15) is 5.75 Å². The molecule has 0 saturated carbocycles. The van der Waals surface area contributed by atoms with Gasteiger partial charge in [0, 0.05) is 12.6 Å². The van der Waals surface area contributed by atoms with E-state index in [-0.39, 0.29) is 5.75 Å². The number of nitrogens with one attached hydrogen (secondary N) is 1. The molecule has 0 amide bonds. The lowest BCUT2D eigenvalue weighted by atomic mass is 10.0. The molecule has 1 fully saturated rings. The molecule has 0 unspecified atom stereocenters. The normalized spacial score (nSPS) is 17.6. The lowest BCUT2D eigenvalue weighted by Crippen LogP contribution is -2.42. The number of phenolic OH excluding ortho intramolecular Hbond substituents is 1. The fourth-order valence-electron chi connectivity index (χ4n) is 2.66. The first-order chi connectivity index (χ1) is 9.60. The monoisotopic (exact) mass is 404 g/mol. The molecule has 1 heterocycles. The van der Waals surface area contributed by atoms with E-state index in [1.165, 1.54) is 44.5 Å². The SMILES string of the molecule is CCCN1CCC(NCc2cc(Br)c(O)c(Br)c2)CC1. The molecule has 1 aromatic carbocycles. The molecule has 1 saturated heterocycles. The predicted molar refractivity (Wildman–Crippen MR) is 90.1 cm³/mol. The van der Waals surface area contributed by atoms with Gasteiger partial charge in [-0.2, -0.15) is 0 Å². The number of nitrogens with zero attached hydrogens (tertiary/aromatic N) is 1. The number of halogens is 2. The summed E-state index contributed by atoms with van der Waals surface area (Å²) in [6.45, 7) is 6.72. The van der Waals surface area contributed by atoms with Crippen molar-refractivity contribution in [3.63, 3.8) is 0 Å². The van der Waals surface area contributed by atoms with E-state index in [4.69, 9.17) is 0 Å². The zero-order valence-corrected chi connectivity index (χ0v) is 15.0. The van der Waals surface area contributed by atoms with E-state index in [1.54, 1.807) is 0 Å². The Hall–Kier alpha value is -0.100. The summed E-state index contributed by atoms with van der Waals surface area (Å²) >= 11 is 6.75. The second-order valence-corrected chi connectivity index (χ2v) is 7.11. The lowest BCUT2D eigenvalue weighted by Gasteiger charge is -2.32. The number of piperidine rings is 1. The Labute approximate surface area is 138 Å². The van der Waals surface area contributed by atoms with Crippen LogP contribution in [-0.2, 0) is 6.54 Å². The zero-order valence-electron chi connectivity index (χ0n) is 11.8. The Kier molecular flexibility index (Phi) is 6.33. The van der Waals surface area contributed by atoms with Crippen molar-refractivity contribution in [3.05, 3.63) is 26.6 Å². The molecule has 2 rings (SSSR count). The van der Waals surface area contributed by atoms with Crippen LogP contribution in [0.4, 0.5) is 0 Å². The fraction of sp³-hybridized carbons (Fsp3) is 0.600. The van der Waals surface area contributed by atoms with E-state index < -0.39 is 0 Å². The third kappa shape index (κ3) is 4.45. The molecule has 0 atom stereocenters. The highest BCUT2D eigenvalue weighted by Crippen LogP contribution is 2.33. The topological polar surface area (TPSA) is 35.5 Å². The minimum Gasteiger partial charge on any atom is -0.506 e. The molecule has 0 spiro atoms. The van der Waals surface area contributed by atoms with E-state index in [0.717, 1.165) is 15.5 Å². The summed E-state index contributed by atoms with van der Waals surface area (Å²) in [6, 6.07) is 4.55. The van der Waals surface area contributed by atoms with Gasteiger partial charge in [-0.05, 0) is 88.5 Å². The third-order valence-corrected chi connectivity index (χ3v) is 5.01. The van der Waals surface area contributed by atoms with Gasteiger partial charge in [0.2, 0.25) is 0 Å². The van der Waals surface area contributed by atoms with Crippen molar-refractivity contribution >= 4 is 31.9 Å². The smallest absolute Gasteiger partial charge is 0.143 e. The van der Waals surface area contributed by atoms with E-state index in [2.05, 4.69) is 49.0 Å². The van der Waals surface area contributed by atoms with Crippen LogP contribution in [0.25, 0.3) is 0 Å². The molecule has 1 aliphatic rings. The van der Waals surface area contributed by atoms with Gasteiger partial charge >= 0.3 is 0 Å². The average molecular weight is 406 g/mol. The summed E-state index contributed by atoms with van der Waals surface area (Å²) in [5.74, 6) is 0.265. The van der Waals surface area contributed by atoms with Gasteiger partial charge in [-0.15, -0.1) is 0 Å². The molecule has 0 aliphatic carbocycles. The minimum absolute atomic E-state index is 0.265. The van der Waals surface area contributed by atoms with Gasteiger partial charge in [-0.3, -0.25) is 0 Å². The van der Waals surface area contributed by atoms with Crippen molar-refractivity contribution in [2.75, 3.05) is 19.6 Å².